The lowest BCUT2D eigenvalue weighted by atomic mass is 10.1. The van der Waals surface area contributed by atoms with Crippen molar-refractivity contribution in [2.75, 3.05) is 19.0 Å². The number of alkyl halides is 1. The Hall–Kier alpha value is -1.22. The number of unbranched alkanes of at least 4 members (excludes halogenated alkanes) is 2. The number of fused-ring (bicyclic) bond motifs is 1. The van der Waals surface area contributed by atoms with Crippen molar-refractivity contribution in [2.45, 2.75) is 19.3 Å². The van der Waals surface area contributed by atoms with Gasteiger partial charge in [-0.3, -0.25) is 0 Å². The van der Waals surface area contributed by atoms with E-state index >= 15 is 0 Å². The Morgan fingerprint density at radius 1 is 0.895 bits per heavy atom. The summed E-state index contributed by atoms with van der Waals surface area (Å²) in [4.78, 5) is 0. The standard InChI is InChI=1S/C16H19BrO2/c1-18-15-7-5-14-12-16(8-6-13(14)11-15)19-10-4-2-3-9-17/h5-8,11-12H,2-4,9-10H2,1H3. The second-order valence-electron chi connectivity index (χ2n) is 4.47. The largest absolute Gasteiger partial charge is 0.497 e. The van der Waals surface area contributed by atoms with Gasteiger partial charge in [-0.05, 0) is 54.3 Å². The molecular formula is C16H19BrO2. The van der Waals surface area contributed by atoms with Crippen molar-refractivity contribution in [2.24, 2.45) is 0 Å². The van der Waals surface area contributed by atoms with Crippen LogP contribution in [0.25, 0.3) is 10.8 Å². The van der Waals surface area contributed by atoms with Crippen LogP contribution >= 0.6 is 15.9 Å². The molecule has 0 aliphatic heterocycles. The van der Waals surface area contributed by atoms with E-state index < -0.39 is 0 Å². The molecule has 19 heavy (non-hydrogen) atoms. The SMILES string of the molecule is COc1ccc2cc(OCCCCCBr)ccc2c1. The number of rotatable bonds is 7. The summed E-state index contributed by atoms with van der Waals surface area (Å²) in [5, 5.41) is 3.43. The van der Waals surface area contributed by atoms with Crippen molar-refractivity contribution in [3.05, 3.63) is 36.4 Å². The van der Waals surface area contributed by atoms with Gasteiger partial charge >= 0.3 is 0 Å². The zero-order valence-corrected chi connectivity index (χ0v) is 12.8. The van der Waals surface area contributed by atoms with Crippen LogP contribution in [0.1, 0.15) is 19.3 Å². The van der Waals surface area contributed by atoms with Crippen molar-refractivity contribution in [3.8, 4) is 11.5 Å². The fourth-order valence-corrected chi connectivity index (χ4v) is 2.38. The van der Waals surface area contributed by atoms with E-state index in [9.17, 15) is 0 Å². The summed E-state index contributed by atoms with van der Waals surface area (Å²) in [6.45, 7) is 0.786. The zero-order valence-electron chi connectivity index (χ0n) is 11.2. The Morgan fingerprint density at radius 2 is 1.58 bits per heavy atom. The number of ether oxygens (including phenoxy) is 2. The third kappa shape index (κ3) is 4.13. The van der Waals surface area contributed by atoms with E-state index in [2.05, 4.69) is 34.1 Å². The first-order chi connectivity index (χ1) is 9.33. The molecule has 0 atom stereocenters. The lowest BCUT2D eigenvalue weighted by molar-refractivity contribution is 0.307. The molecule has 0 bridgehead atoms. The van der Waals surface area contributed by atoms with Crippen LogP contribution in [0.3, 0.4) is 0 Å². The molecule has 2 nitrogen and oxygen atoms in total. The first-order valence-electron chi connectivity index (χ1n) is 6.60. The van der Waals surface area contributed by atoms with Gasteiger partial charge in [0.25, 0.3) is 0 Å². The van der Waals surface area contributed by atoms with E-state index in [1.54, 1.807) is 7.11 Å². The van der Waals surface area contributed by atoms with Crippen molar-refractivity contribution >= 4 is 26.7 Å². The molecule has 0 spiro atoms. The molecule has 0 radical (unpaired) electrons. The van der Waals surface area contributed by atoms with Gasteiger partial charge in [-0.1, -0.05) is 28.1 Å². The van der Waals surface area contributed by atoms with Crippen LogP contribution in [0.2, 0.25) is 0 Å². The van der Waals surface area contributed by atoms with Crippen molar-refractivity contribution in [1.82, 2.24) is 0 Å². The highest BCUT2D eigenvalue weighted by Crippen LogP contribution is 2.24. The Kier molecular flexibility index (Phi) is 5.52. The minimum absolute atomic E-state index is 0.786. The zero-order chi connectivity index (χ0) is 13.5. The third-order valence-electron chi connectivity index (χ3n) is 3.07. The minimum atomic E-state index is 0.786. The van der Waals surface area contributed by atoms with Crippen molar-refractivity contribution < 1.29 is 9.47 Å². The first-order valence-corrected chi connectivity index (χ1v) is 7.72. The lowest BCUT2D eigenvalue weighted by Gasteiger charge is -2.08. The van der Waals surface area contributed by atoms with E-state index in [4.69, 9.17) is 9.47 Å². The topological polar surface area (TPSA) is 18.5 Å². The van der Waals surface area contributed by atoms with Gasteiger partial charge in [-0.25, -0.2) is 0 Å². The van der Waals surface area contributed by atoms with Crippen LogP contribution in [0.4, 0.5) is 0 Å². The molecule has 0 aromatic heterocycles. The summed E-state index contributed by atoms with van der Waals surface area (Å²) in [5.74, 6) is 1.83. The Bertz CT molecular complexity index is 525. The molecule has 0 saturated carbocycles. The molecule has 102 valence electrons. The van der Waals surface area contributed by atoms with Gasteiger partial charge in [0, 0.05) is 5.33 Å². The van der Waals surface area contributed by atoms with Gasteiger partial charge in [-0.15, -0.1) is 0 Å². The molecule has 0 heterocycles. The normalized spacial score (nSPS) is 10.6. The first kappa shape index (κ1) is 14.2. The predicted octanol–water partition coefficient (Wildman–Crippen LogP) is 4.79. The molecule has 0 amide bonds. The van der Waals surface area contributed by atoms with Crippen molar-refractivity contribution in [3.63, 3.8) is 0 Å². The van der Waals surface area contributed by atoms with Gasteiger partial charge in [0.2, 0.25) is 0 Å². The second kappa shape index (κ2) is 7.39. The highest BCUT2D eigenvalue weighted by atomic mass is 79.9. The summed E-state index contributed by atoms with van der Waals surface area (Å²) < 4.78 is 11.0. The van der Waals surface area contributed by atoms with Crippen LogP contribution in [-0.2, 0) is 0 Å². The fraction of sp³-hybridized carbons (Fsp3) is 0.375. The molecule has 0 saturated heterocycles. The van der Waals surface area contributed by atoms with Crippen LogP contribution in [-0.4, -0.2) is 19.0 Å². The Balaban J connectivity index is 1.97. The molecule has 0 aliphatic carbocycles. The lowest BCUT2D eigenvalue weighted by Crippen LogP contribution is -1.97. The van der Waals surface area contributed by atoms with Gasteiger partial charge in [0.15, 0.2) is 0 Å². The summed E-state index contributed by atoms with van der Waals surface area (Å²) in [5.41, 5.74) is 0. The second-order valence-corrected chi connectivity index (χ2v) is 5.27. The Labute approximate surface area is 122 Å². The minimum Gasteiger partial charge on any atom is -0.497 e. The predicted molar refractivity (Wildman–Crippen MR) is 83.6 cm³/mol. The number of hydrogen-bond acceptors (Lipinski definition) is 2. The number of halogens is 1. The van der Waals surface area contributed by atoms with Gasteiger partial charge in [0.1, 0.15) is 11.5 Å². The monoisotopic (exact) mass is 322 g/mol. The quantitative estimate of drug-likeness (QED) is 0.539. The van der Waals surface area contributed by atoms with Crippen molar-refractivity contribution in [1.29, 1.82) is 0 Å². The van der Waals surface area contributed by atoms with E-state index in [1.807, 2.05) is 18.2 Å². The number of methoxy groups -OCH3 is 1. The maximum Gasteiger partial charge on any atom is 0.119 e. The number of hydrogen-bond donors (Lipinski definition) is 0. The average molecular weight is 323 g/mol. The molecule has 3 heteroatoms. The van der Waals surface area contributed by atoms with Crippen LogP contribution in [0.15, 0.2) is 36.4 Å². The summed E-state index contributed by atoms with van der Waals surface area (Å²) >= 11 is 3.43. The van der Waals surface area contributed by atoms with E-state index in [0.717, 1.165) is 29.9 Å². The van der Waals surface area contributed by atoms with Gasteiger partial charge in [0.05, 0.1) is 13.7 Å². The smallest absolute Gasteiger partial charge is 0.119 e. The molecule has 2 rings (SSSR count). The Morgan fingerprint density at radius 3 is 2.26 bits per heavy atom. The summed E-state index contributed by atoms with van der Waals surface area (Å²) in [7, 11) is 1.69. The molecule has 2 aromatic carbocycles. The molecule has 0 aliphatic rings. The van der Waals surface area contributed by atoms with E-state index in [1.165, 1.54) is 23.6 Å². The maximum atomic E-state index is 5.77. The molecule has 0 unspecified atom stereocenters. The molecule has 2 aromatic rings. The fourth-order valence-electron chi connectivity index (χ4n) is 1.98. The molecule has 0 N–H and O–H groups in total. The number of benzene rings is 2. The van der Waals surface area contributed by atoms with Crippen LogP contribution < -0.4 is 9.47 Å². The molecule has 0 fully saturated rings. The summed E-state index contributed by atoms with van der Waals surface area (Å²) in [6.07, 6.45) is 3.52. The van der Waals surface area contributed by atoms with Gasteiger partial charge < -0.3 is 9.47 Å². The maximum absolute atomic E-state index is 5.77. The van der Waals surface area contributed by atoms with E-state index in [-0.39, 0.29) is 0 Å². The van der Waals surface area contributed by atoms with Gasteiger partial charge in [-0.2, -0.15) is 0 Å². The highest BCUT2D eigenvalue weighted by Gasteiger charge is 1.99. The average Bonchev–Trinajstić information content (AvgIpc) is 2.46. The van der Waals surface area contributed by atoms with Crippen LogP contribution in [0, 0.1) is 0 Å². The highest BCUT2D eigenvalue weighted by molar-refractivity contribution is 9.09. The summed E-state index contributed by atoms with van der Waals surface area (Å²) in [6, 6.07) is 12.3. The van der Waals surface area contributed by atoms with Crippen LogP contribution in [0.5, 0.6) is 11.5 Å². The third-order valence-corrected chi connectivity index (χ3v) is 3.63. The molecular weight excluding hydrogens is 304 g/mol. The van der Waals surface area contributed by atoms with E-state index in [0.29, 0.717) is 0 Å².